The van der Waals surface area contributed by atoms with E-state index in [0.717, 1.165) is 11.9 Å². The molecule has 1 aromatic carbocycles. The van der Waals surface area contributed by atoms with Crippen LogP contribution in [0, 0.1) is 6.92 Å². The molecule has 8 nitrogen and oxygen atoms in total. The van der Waals surface area contributed by atoms with Crippen LogP contribution in [0.2, 0.25) is 0 Å². The molecule has 0 atom stereocenters. The van der Waals surface area contributed by atoms with Gasteiger partial charge in [0.05, 0.1) is 22.8 Å². The third-order valence-electron chi connectivity index (χ3n) is 3.01. The summed E-state index contributed by atoms with van der Waals surface area (Å²) in [6.45, 7) is 1.66. The van der Waals surface area contributed by atoms with Crippen LogP contribution in [0.25, 0.3) is 5.69 Å². The number of nitrogens with two attached hydrogens (primary N) is 1. The van der Waals surface area contributed by atoms with Crippen molar-refractivity contribution < 1.29 is 18.4 Å². The van der Waals surface area contributed by atoms with E-state index in [-0.39, 0.29) is 11.4 Å². The van der Waals surface area contributed by atoms with Crippen molar-refractivity contribution in [1.29, 1.82) is 0 Å². The summed E-state index contributed by atoms with van der Waals surface area (Å²) in [6, 6.07) is 6.97. The van der Waals surface area contributed by atoms with Crippen LogP contribution in [0.3, 0.4) is 0 Å². The summed E-state index contributed by atoms with van der Waals surface area (Å²) >= 11 is 0. The molecule has 1 heterocycles. The second-order valence-electron chi connectivity index (χ2n) is 4.85. The first-order valence-electron chi connectivity index (χ1n) is 6.30. The van der Waals surface area contributed by atoms with Gasteiger partial charge in [0.25, 0.3) is 0 Å². The number of sulfone groups is 1. The molecule has 2 rings (SSSR count). The van der Waals surface area contributed by atoms with Crippen molar-refractivity contribution in [2.24, 2.45) is 5.73 Å². The van der Waals surface area contributed by atoms with Crippen LogP contribution in [-0.2, 0) is 16.4 Å². The van der Waals surface area contributed by atoms with E-state index in [0.29, 0.717) is 16.4 Å². The van der Waals surface area contributed by atoms with Gasteiger partial charge in [-0.15, -0.1) is 0 Å². The molecule has 0 aliphatic carbocycles. The Morgan fingerprint density at radius 1 is 1.36 bits per heavy atom. The number of hydrogen-bond donors (Lipinski definition) is 2. The number of hydrogen-bond acceptors (Lipinski definition) is 5. The molecule has 0 radical (unpaired) electrons. The van der Waals surface area contributed by atoms with Gasteiger partial charge in [-0.2, -0.15) is 5.10 Å². The number of rotatable bonds is 4. The minimum absolute atomic E-state index is 0.134. The number of carbonyl (C=O) groups is 1. The van der Waals surface area contributed by atoms with Gasteiger partial charge in [-0.1, -0.05) is 0 Å². The molecule has 0 saturated carbocycles. The van der Waals surface area contributed by atoms with Crippen LogP contribution in [0.1, 0.15) is 11.4 Å². The van der Waals surface area contributed by atoms with Gasteiger partial charge in [0, 0.05) is 11.9 Å². The number of aromatic nitrogens is 2. The Morgan fingerprint density at radius 3 is 2.45 bits per heavy atom. The Balaban J connectivity index is 2.30. The number of benzene rings is 1. The Kier molecular flexibility index (Phi) is 4.20. The fraction of sp³-hybridized carbons (Fsp3) is 0.231. The molecule has 1 aromatic heterocycles. The highest BCUT2D eigenvalue weighted by molar-refractivity contribution is 7.90. The fourth-order valence-electron chi connectivity index (χ4n) is 1.94. The largest absolute Gasteiger partial charge is 0.350 e. The number of aryl methyl sites for hydroxylation is 1. The molecule has 0 aliphatic heterocycles. The molecule has 2 amide bonds. The van der Waals surface area contributed by atoms with Crippen LogP contribution in [0.15, 0.2) is 35.2 Å². The zero-order valence-electron chi connectivity index (χ0n) is 12.1. The molecular formula is C13H16N4O4S. The number of amides is 2. The maximum absolute atomic E-state index is 11.4. The van der Waals surface area contributed by atoms with Gasteiger partial charge in [-0.3, -0.25) is 5.21 Å². The van der Waals surface area contributed by atoms with Gasteiger partial charge < -0.3 is 5.73 Å². The maximum Gasteiger partial charge on any atom is 0.338 e. The van der Waals surface area contributed by atoms with E-state index in [1.165, 1.54) is 12.1 Å². The second-order valence-corrected chi connectivity index (χ2v) is 6.87. The summed E-state index contributed by atoms with van der Waals surface area (Å²) in [5.74, 6) is 0. The molecule has 0 saturated heterocycles. The summed E-state index contributed by atoms with van der Waals surface area (Å²) < 4.78 is 24.5. The Hall–Kier alpha value is -2.39. The van der Waals surface area contributed by atoms with Crippen LogP contribution >= 0.6 is 0 Å². The summed E-state index contributed by atoms with van der Waals surface area (Å²) in [7, 11) is -3.25. The standard InChI is InChI=1S/C13H16N4O4S/c1-9-7-10(8-16(19)13(14)18)15-17(9)11-3-5-12(6-4-11)22(2,20)21/h3-7,19H,8H2,1-2H3,(H2,14,18). The molecule has 22 heavy (non-hydrogen) atoms. The molecule has 3 N–H and O–H groups in total. The predicted molar refractivity (Wildman–Crippen MR) is 78.3 cm³/mol. The van der Waals surface area contributed by atoms with E-state index < -0.39 is 15.9 Å². The van der Waals surface area contributed by atoms with Gasteiger partial charge in [-0.25, -0.2) is 23.0 Å². The number of carbonyl (C=O) groups excluding carboxylic acids is 1. The Morgan fingerprint density at radius 2 is 1.95 bits per heavy atom. The third-order valence-corrected chi connectivity index (χ3v) is 4.14. The Labute approximate surface area is 127 Å². The quantitative estimate of drug-likeness (QED) is 0.638. The SMILES string of the molecule is Cc1cc(CN(O)C(N)=O)nn1-c1ccc(S(C)(=O)=O)cc1. The first-order chi connectivity index (χ1) is 10.2. The van der Waals surface area contributed by atoms with Crippen molar-refractivity contribution in [3.8, 4) is 5.69 Å². The normalized spacial score (nSPS) is 11.4. The van der Waals surface area contributed by atoms with Gasteiger partial charge in [-0.05, 0) is 37.3 Å². The van der Waals surface area contributed by atoms with E-state index in [4.69, 9.17) is 5.73 Å². The van der Waals surface area contributed by atoms with Crippen molar-refractivity contribution >= 4 is 15.9 Å². The number of primary amides is 1. The lowest BCUT2D eigenvalue weighted by molar-refractivity contribution is -0.0479. The number of urea groups is 1. The van der Waals surface area contributed by atoms with Gasteiger partial charge in [0.1, 0.15) is 0 Å². The average molecular weight is 324 g/mol. The molecule has 118 valence electrons. The highest BCUT2D eigenvalue weighted by Crippen LogP contribution is 2.16. The summed E-state index contributed by atoms with van der Waals surface area (Å²) in [5, 5.41) is 13.9. The Bertz CT molecular complexity index is 796. The fourth-order valence-corrected chi connectivity index (χ4v) is 2.57. The molecule has 9 heteroatoms. The lowest BCUT2D eigenvalue weighted by atomic mass is 10.3. The second kappa shape index (κ2) is 5.78. The molecule has 0 bridgehead atoms. The number of nitrogens with zero attached hydrogens (tertiary/aromatic N) is 3. The molecule has 0 fully saturated rings. The smallest absolute Gasteiger partial charge is 0.338 e. The van der Waals surface area contributed by atoms with Crippen LogP contribution in [0.4, 0.5) is 4.79 Å². The topological polar surface area (TPSA) is 119 Å². The lowest BCUT2D eigenvalue weighted by Gasteiger charge is -2.09. The van der Waals surface area contributed by atoms with Crippen molar-refractivity contribution in [1.82, 2.24) is 14.8 Å². The first-order valence-corrected chi connectivity index (χ1v) is 8.19. The summed E-state index contributed by atoms with van der Waals surface area (Å²) in [5.41, 5.74) is 6.82. The summed E-state index contributed by atoms with van der Waals surface area (Å²) in [6.07, 6.45) is 1.14. The molecular weight excluding hydrogens is 308 g/mol. The highest BCUT2D eigenvalue weighted by Gasteiger charge is 2.13. The van der Waals surface area contributed by atoms with E-state index in [2.05, 4.69) is 5.10 Å². The number of hydroxylamine groups is 2. The van der Waals surface area contributed by atoms with Crippen molar-refractivity contribution in [3.63, 3.8) is 0 Å². The van der Waals surface area contributed by atoms with E-state index in [9.17, 15) is 18.4 Å². The van der Waals surface area contributed by atoms with E-state index >= 15 is 0 Å². The van der Waals surface area contributed by atoms with Gasteiger partial charge in [0.2, 0.25) is 0 Å². The molecule has 0 spiro atoms. The van der Waals surface area contributed by atoms with Crippen LogP contribution < -0.4 is 5.73 Å². The van der Waals surface area contributed by atoms with E-state index in [1.54, 1.807) is 29.8 Å². The minimum atomic E-state index is -3.25. The van der Waals surface area contributed by atoms with Crippen LogP contribution in [0.5, 0.6) is 0 Å². The van der Waals surface area contributed by atoms with Crippen molar-refractivity contribution in [3.05, 3.63) is 41.7 Å². The minimum Gasteiger partial charge on any atom is -0.350 e. The lowest BCUT2D eigenvalue weighted by Crippen LogP contribution is -2.32. The molecule has 0 unspecified atom stereocenters. The predicted octanol–water partition coefficient (Wildman–Crippen LogP) is 0.854. The maximum atomic E-state index is 11.4. The van der Waals surface area contributed by atoms with Gasteiger partial charge in [0.15, 0.2) is 9.84 Å². The van der Waals surface area contributed by atoms with Crippen LogP contribution in [-0.4, -0.2) is 40.8 Å². The third kappa shape index (κ3) is 3.43. The average Bonchev–Trinajstić information content (AvgIpc) is 2.78. The van der Waals surface area contributed by atoms with Gasteiger partial charge >= 0.3 is 6.03 Å². The zero-order valence-corrected chi connectivity index (χ0v) is 12.9. The first kappa shape index (κ1) is 16.0. The molecule has 0 aliphatic rings. The van der Waals surface area contributed by atoms with E-state index in [1.807, 2.05) is 0 Å². The summed E-state index contributed by atoms with van der Waals surface area (Å²) in [4.78, 5) is 11.0. The zero-order chi connectivity index (χ0) is 16.5. The van der Waals surface area contributed by atoms with Crippen molar-refractivity contribution in [2.45, 2.75) is 18.4 Å². The monoisotopic (exact) mass is 324 g/mol. The highest BCUT2D eigenvalue weighted by atomic mass is 32.2. The van der Waals surface area contributed by atoms with Crippen molar-refractivity contribution in [2.75, 3.05) is 6.26 Å². The molecule has 2 aromatic rings.